The number of hydrogen-bond donors (Lipinski definition) is 1. The lowest BCUT2D eigenvalue weighted by Gasteiger charge is -2.26. The highest BCUT2D eigenvalue weighted by Gasteiger charge is 2.35. The molecule has 118 valence electrons. The van der Waals surface area contributed by atoms with Gasteiger partial charge in [0, 0.05) is 31.4 Å². The molecule has 1 saturated carbocycles. The highest BCUT2D eigenvalue weighted by Crippen LogP contribution is 2.37. The molecular formula is C16H23F3N2. The van der Waals surface area contributed by atoms with Gasteiger partial charge in [-0.3, -0.25) is 0 Å². The predicted molar refractivity (Wildman–Crippen MR) is 79.5 cm³/mol. The van der Waals surface area contributed by atoms with Crippen molar-refractivity contribution < 1.29 is 13.2 Å². The molecule has 0 bridgehead atoms. The molecular weight excluding hydrogens is 277 g/mol. The third-order valence-electron chi connectivity index (χ3n) is 3.75. The van der Waals surface area contributed by atoms with Crippen molar-refractivity contribution in [2.45, 2.75) is 51.9 Å². The van der Waals surface area contributed by atoms with E-state index < -0.39 is 11.7 Å². The van der Waals surface area contributed by atoms with E-state index in [1.54, 1.807) is 17.0 Å². The largest absolute Gasteiger partial charge is 0.418 e. The van der Waals surface area contributed by atoms with Gasteiger partial charge in [0.05, 0.1) is 5.56 Å². The molecule has 0 saturated heterocycles. The van der Waals surface area contributed by atoms with Crippen LogP contribution in [0.1, 0.15) is 44.2 Å². The Morgan fingerprint density at radius 3 is 2.48 bits per heavy atom. The second kappa shape index (κ2) is 6.69. The first kappa shape index (κ1) is 16.1. The van der Waals surface area contributed by atoms with Gasteiger partial charge in [-0.05, 0) is 43.9 Å². The minimum Gasteiger partial charge on any atom is -0.371 e. The van der Waals surface area contributed by atoms with E-state index in [1.165, 1.54) is 6.07 Å². The molecule has 0 radical (unpaired) electrons. The summed E-state index contributed by atoms with van der Waals surface area (Å²) in [5.41, 5.74) is 0.473. The van der Waals surface area contributed by atoms with E-state index in [4.69, 9.17) is 0 Å². The van der Waals surface area contributed by atoms with Crippen molar-refractivity contribution in [2.24, 2.45) is 0 Å². The number of halogens is 3. The Balaban J connectivity index is 2.25. The standard InChI is InChI=1S/C16H23F3N2/c1-3-9-21(4-2)15-8-5-12(11-20-13-6-7-13)10-14(15)16(17,18)19/h5,8,10,13,20H,3-4,6-7,9,11H2,1-2H3. The summed E-state index contributed by atoms with van der Waals surface area (Å²) in [7, 11) is 0. The Kier molecular flexibility index (Phi) is 5.14. The maximum absolute atomic E-state index is 13.3. The maximum atomic E-state index is 13.3. The number of benzene rings is 1. The van der Waals surface area contributed by atoms with E-state index in [-0.39, 0.29) is 0 Å². The van der Waals surface area contributed by atoms with Crippen molar-refractivity contribution in [2.75, 3.05) is 18.0 Å². The molecule has 0 amide bonds. The van der Waals surface area contributed by atoms with Crippen molar-refractivity contribution in [3.05, 3.63) is 29.3 Å². The molecule has 1 aromatic rings. The van der Waals surface area contributed by atoms with Crippen molar-refractivity contribution in [3.63, 3.8) is 0 Å². The lowest BCUT2D eigenvalue weighted by Crippen LogP contribution is -2.26. The average molecular weight is 300 g/mol. The number of nitrogens with zero attached hydrogens (tertiary/aromatic N) is 1. The molecule has 1 aromatic carbocycles. The van der Waals surface area contributed by atoms with Crippen LogP contribution in [0.3, 0.4) is 0 Å². The van der Waals surface area contributed by atoms with Crippen molar-refractivity contribution in [1.29, 1.82) is 0 Å². The third-order valence-corrected chi connectivity index (χ3v) is 3.75. The summed E-state index contributed by atoms with van der Waals surface area (Å²) in [6, 6.07) is 5.21. The zero-order valence-electron chi connectivity index (χ0n) is 12.6. The van der Waals surface area contributed by atoms with Gasteiger partial charge < -0.3 is 10.2 Å². The number of nitrogens with one attached hydrogen (secondary N) is 1. The summed E-state index contributed by atoms with van der Waals surface area (Å²) in [6.07, 6.45) is -1.23. The van der Waals surface area contributed by atoms with E-state index in [0.717, 1.165) is 19.3 Å². The van der Waals surface area contributed by atoms with Crippen LogP contribution < -0.4 is 10.2 Å². The molecule has 1 N–H and O–H groups in total. The first-order chi connectivity index (χ1) is 9.95. The van der Waals surface area contributed by atoms with E-state index >= 15 is 0 Å². The first-order valence-corrected chi connectivity index (χ1v) is 7.64. The van der Waals surface area contributed by atoms with Crippen LogP contribution in [-0.2, 0) is 12.7 Å². The van der Waals surface area contributed by atoms with Crippen LogP contribution in [0.5, 0.6) is 0 Å². The van der Waals surface area contributed by atoms with Gasteiger partial charge in [0.15, 0.2) is 0 Å². The zero-order valence-corrected chi connectivity index (χ0v) is 12.6. The SMILES string of the molecule is CCCN(CC)c1ccc(CNC2CC2)cc1C(F)(F)F. The molecule has 0 aliphatic heterocycles. The fourth-order valence-corrected chi connectivity index (χ4v) is 2.46. The number of alkyl halides is 3. The van der Waals surface area contributed by atoms with Gasteiger partial charge in [0.1, 0.15) is 0 Å². The Morgan fingerprint density at radius 2 is 1.95 bits per heavy atom. The summed E-state index contributed by atoms with van der Waals surface area (Å²) < 4.78 is 40.0. The van der Waals surface area contributed by atoms with E-state index in [0.29, 0.717) is 36.9 Å². The number of hydrogen-bond acceptors (Lipinski definition) is 2. The molecule has 0 heterocycles. The lowest BCUT2D eigenvalue weighted by molar-refractivity contribution is -0.137. The predicted octanol–water partition coefficient (Wildman–Crippen LogP) is 4.19. The second-order valence-corrected chi connectivity index (χ2v) is 5.58. The molecule has 1 aliphatic rings. The first-order valence-electron chi connectivity index (χ1n) is 7.64. The van der Waals surface area contributed by atoms with Crippen LogP contribution in [0.4, 0.5) is 18.9 Å². The topological polar surface area (TPSA) is 15.3 Å². The normalized spacial score (nSPS) is 15.3. The highest BCUT2D eigenvalue weighted by molar-refractivity contribution is 5.56. The van der Waals surface area contributed by atoms with Crippen LogP contribution in [-0.4, -0.2) is 19.1 Å². The molecule has 1 aliphatic carbocycles. The monoisotopic (exact) mass is 300 g/mol. The number of anilines is 1. The molecule has 1 fully saturated rings. The van der Waals surface area contributed by atoms with Crippen LogP contribution in [0.25, 0.3) is 0 Å². The van der Waals surface area contributed by atoms with Gasteiger partial charge in [-0.1, -0.05) is 13.0 Å². The Labute approximate surface area is 124 Å². The molecule has 0 aromatic heterocycles. The minimum absolute atomic E-state index is 0.294. The molecule has 0 unspecified atom stereocenters. The second-order valence-electron chi connectivity index (χ2n) is 5.58. The summed E-state index contributed by atoms with van der Waals surface area (Å²) in [5, 5.41) is 3.26. The van der Waals surface area contributed by atoms with Gasteiger partial charge >= 0.3 is 6.18 Å². The fraction of sp³-hybridized carbons (Fsp3) is 0.625. The molecule has 2 nitrogen and oxygen atoms in total. The van der Waals surface area contributed by atoms with E-state index in [1.807, 2.05) is 13.8 Å². The summed E-state index contributed by atoms with van der Waals surface area (Å²) >= 11 is 0. The van der Waals surface area contributed by atoms with E-state index in [2.05, 4.69) is 5.32 Å². The molecule has 2 rings (SSSR count). The lowest BCUT2D eigenvalue weighted by atomic mass is 10.1. The average Bonchev–Trinajstić information content (AvgIpc) is 3.25. The quantitative estimate of drug-likeness (QED) is 0.812. The molecule has 0 atom stereocenters. The third kappa shape index (κ3) is 4.37. The van der Waals surface area contributed by atoms with Gasteiger partial charge in [0.25, 0.3) is 0 Å². The maximum Gasteiger partial charge on any atom is 0.418 e. The van der Waals surface area contributed by atoms with Crippen molar-refractivity contribution in [3.8, 4) is 0 Å². The van der Waals surface area contributed by atoms with Gasteiger partial charge in [-0.2, -0.15) is 13.2 Å². The van der Waals surface area contributed by atoms with Gasteiger partial charge in [-0.15, -0.1) is 0 Å². The molecule has 0 spiro atoms. The minimum atomic E-state index is -4.31. The molecule has 5 heteroatoms. The van der Waals surface area contributed by atoms with Crippen LogP contribution in [0.15, 0.2) is 18.2 Å². The van der Waals surface area contributed by atoms with Crippen LogP contribution in [0.2, 0.25) is 0 Å². The van der Waals surface area contributed by atoms with Gasteiger partial charge in [0.2, 0.25) is 0 Å². The summed E-state index contributed by atoms with van der Waals surface area (Å²) in [4.78, 5) is 1.79. The highest BCUT2D eigenvalue weighted by atomic mass is 19.4. The summed E-state index contributed by atoms with van der Waals surface area (Å²) in [6.45, 7) is 5.59. The molecule has 21 heavy (non-hydrogen) atoms. The van der Waals surface area contributed by atoms with Crippen LogP contribution >= 0.6 is 0 Å². The smallest absolute Gasteiger partial charge is 0.371 e. The Hall–Kier alpha value is -1.23. The Bertz CT molecular complexity index is 467. The van der Waals surface area contributed by atoms with Crippen LogP contribution in [0, 0.1) is 0 Å². The van der Waals surface area contributed by atoms with E-state index in [9.17, 15) is 13.2 Å². The van der Waals surface area contributed by atoms with Crippen molar-refractivity contribution >= 4 is 5.69 Å². The van der Waals surface area contributed by atoms with Gasteiger partial charge in [-0.25, -0.2) is 0 Å². The number of rotatable bonds is 7. The Morgan fingerprint density at radius 1 is 1.24 bits per heavy atom. The fourth-order valence-electron chi connectivity index (χ4n) is 2.46. The summed E-state index contributed by atoms with van der Waals surface area (Å²) in [5.74, 6) is 0. The van der Waals surface area contributed by atoms with Crippen molar-refractivity contribution in [1.82, 2.24) is 5.32 Å². The zero-order chi connectivity index (χ0) is 15.5.